The van der Waals surface area contributed by atoms with Gasteiger partial charge in [0.15, 0.2) is 0 Å². The Balaban J connectivity index is 1.47. The molecule has 0 radical (unpaired) electrons. The molecule has 0 fully saturated rings. The highest BCUT2D eigenvalue weighted by atomic mass is 32.2. The Kier molecular flexibility index (Phi) is 5.70. The van der Waals surface area contributed by atoms with E-state index < -0.39 is 5.41 Å². The Morgan fingerprint density at radius 3 is 1.64 bits per heavy atom. The van der Waals surface area contributed by atoms with Crippen molar-refractivity contribution in [3.63, 3.8) is 0 Å². The van der Waals surface area contributed by atoms with Crippen LogP contribution in [0, 0.1) is 0 Å². The average Bonchev–Trinajstić information content (AvgIpc) is 3.05. The van der Waals surface area contributed by atoms with Crippen LogP contribution in [0.5, 0.6) is 0 Å². The predicted octanol–water partition coefficient (Wildman–Crippen LogP) is 10.6. The number of para-hydroxylation sites is 2. The number of benzene rings is 6. The van der Waals surface area contributed by atoms with Crippen molar-refractivity contribution >= 4 is 28.8 Å². The maximum absolute atomic E-state index is 2.51. The van der Waals surface area contributed by atoms with E-state index >= 15 is 0 Å². The SMILES string of the molecule is CC1(C)c2ccccc2N(c2ccccc2)c2ccc(C3(c4ccccc4)c4ccccc4Sc4ccccc43)cc21. The van der Waals surface area contributed by atoms with Gasteiger partial charge in [0.1, 0.15) is 0 Å². The van der Waals surface area contributed by atoms with Crippen LogP contribution in [0.25, 0.3) is 0 Å². The van der Waals surface area contributed by atoms with E-state index in [1.807, 2.05) is 11.8 Å². The second-order valence-corrected chi connectivity index (χ2v) is 12.8. The minimum absolute atomic E-state index is 0.187. The summed E-state index contributed by atoms with van der Waals surface area (Å²) in [7, 11) is 0. The first kappa shape index (κ1) is 25.2. The number of fused-ring (bicyclic) bond motifs is 4. The molecule has 42 heavy (non-hydrogen) atoms. The lowest BCUT2D eigenvalue weighted by Crippen LogP contribution is -2.36. The maximum Gasteiger partial charge on any atom is 0.0723 e. The highest BCUT2D eigenvalue weighted by Crippen LogP contribution is 2.58. The van der Waals surface area contributed by atoms with Crippen molar-refractivity contribution in [3.05, 3.63) is 185 Å². The summed E-state index contributed by atoms with van der Waals surface area (Å²) in [6.45, 7) is 4.76. The van der Waals surface area contributed by atoms with Crippen molar-refractivity contribution < 1.29 is 0 Å². The van der Waals surface area contributed by atoms with Gasteiger partial charge >= 0.3 is 0 Å². The molecule has 0 bridgehead atoms. The second kappa shape index (κ2) is 9.51. The average molecular weight is 558 g/mol. The number of anilines is 3. The fourth-order valence-corrected chi connectivity index (χ4v) is 8.46. The molecule has 0 N–H and O–H groups in total. The molecular weight excluding hydrogens is 527 g/mol. The first-order valence-electron chi connectivity index (χ1n) is 14.6. The Morgan fingerprint density at radius 1 is 0.452 bits per heavy atom. The van der Waals surface area contributed by atoms with Crippen LogP contribution in [0.2, 0.25) is 0 Å². The smallest absolute Gasteiger partial charge is 0.0723 e. The zero-order chi connectivity index (χ0) is 28.3. The van der Waals surface area contributed by atoms with Gasteiger partial charge in [0, 0.05) is 20.9 Å². The van der Waals surface area contributed by atoms with Crippen LogP contribution in [-0.2, 0) is 10.8 Å². The quantitative estimate of drug-likeness (QED) is 0.213. The summed E-state index contributed by atoms with van der Waals surface area (Å²) in [4.78, 5) is 5.06. The van der Waals surface area contributed by atoms with Crippen molar-refractivity contribution in [2.75, 3.05) is 4.90 Å². The zero-order valence-electron chi connectivity index (χ0n) is 23.8. The highest BCUT2D eigenvalue weighted by molar-refractivity contribution is 7.99. The Morgan fingerprint density at radius 2 is 0.976 bits per heavy atom. The fourth-order valence-electron chi connectivity index (χ4n) is 7.26. The first-order chi connectivity index (χ1) is 20.6. The summed E-state index contributed by atoms with van der Waals surface area (Å²) in [5.41, 5.74) is 11.0. The standard InChI is InChI=1S/C40H31NS/c1-39(2)31-19-9-12-22-35(31)41(30-17-7-4-8-18-30)36-26-25-29(27-34(36)39)40(28-15-5-3-6-16-28)32-20-10-13-23-37(32)42-38-24-14-11-21-33(38)40/h3-27H,1-2H3. The molecule has 0 atom stereocenters. The summed E-state index contributed by atoms with van der Waals surface area (Å²) in [5.74, 6) is 0. The topological polar surface area (TPSA) is 3.24 Å². The molecule has 2 aliphatic heterocycles. The van der Waals surface area contributed by atoms with Gasteiger partial charge < -0.3 is 4.90 Å². The van der Waals surface area contributed by atoms with Gasteiger partial charge in [-0.15, -0.1) is 0 Å². The fraction of sp³-hybridized carbons (Fsp3) is 0.100. The summed E-state index contributed by atoms with van der Waals surface area (Å²) in [6.07, 6.45) is 0. The minimum Gasteiger partial charge on any atom is -0.310 e. The highest BCUT2D eigenvalue weighted by Gasteiger charge is 2.46. The van der Waals surface area contributed by atoms with Gasteiger partial charge in [-0.25, -0.2) is 0 Å². The second-order valence-electron chi connectivity index (χ2n) is 11.8. The van der Waals surface area contributed by atoms with E-state index in [1.54, 1.807) is 0 Å². The molecule has 0 aromatic heterocycles. The molecule has 1 nitrogen and oxygen atoms in total. The minimum atomic E-state index is -0.445. The molecule has 0 unspecified atom stereocenters. The van der Waals surface area contributed by atoms with Gasteiger partial charge in [-0.1, -0.05) is 141 Å². The van der Waals surface area contributed by atoms with Crippen molar-refractivity contribution in [1.82, 2.24) is 0 Å². The lowest BCUT2D eigenvalue weighted by Gasteiger charge is -2.45. The Hall–Kier alpha value is -4.53. The van der Waals surface area contributed by atoms with Crippen molar-refractivity contribution in [2.24, 2.45) is 0 Å². The van der Waals surface area contributed by atoms with Gasteiger partial charge in [0.05, 0.1) is 16.8 Å². The molecule has 2 aliphatic rings. The van der Waals surface area contributed by atoms with Gasteiger partial charge in [0.25, 0.3) is 0 Å². The van der Waals surface area contributed by atoms with E-state index in [1.165, 1.54) is 60.2 Å². The molecule has 0 aliphatic carbocycles. The van der Waals surface area contributed by atoms with Crippen LogP contribution < -0.4 is 4.90 Å². The maximum atomic E-state index is 2.51. The van der Waals surface area contributed by atoms with Crippen molar-refractivity contribution in [2.45, 2.75) is 34.5 Å². The van der Waals surface area contributed by atoms with Gasteiger partial charge in [-0.3, -0.25) is 0 Å². The summed E-state index contributed by atoms with van der Waals surface area (Å²) < 4.78 is 0. The van der Waals surface area contributed by atoms with Gasteiger partial charge in [-0.2, -0.15) is 0 Å². The van der Waals surface area contributed by atoms with E-state index in [2.05, 4.69) is 170 Å². The van der Waals surface area contributed by atoms with Crippen LogP contribution >= 0.6 is 11.8 Å². The van der Waals surface area contributed by atoms with Crippen molar-refractivity contribution in [3.8, 4) is 0 Å². The molecule has 8 rings (SSSR count). The third-order valence-electron chi connectivity index (χ3n) is 9.19. The predicted molar refractivity (Wildman–Crippen MR) is 176 cm³/mol. The largest absolute Gasteiger partial charge is 0.310 e. The van der Waals surface area contributed by atoms with Crippen LogP contribution in [0.4, 0.5) is 17.1 Å². The molecule has 6 aromatic carbocycles. The van der Waals surface area contributed by atoms with Crippen LogP contribution in [0.1, 0.15) is 47.2 Å². The third-order valence-corrected chi connectivity index (χ3v) is 10.3. The molecule has 2 heterocycles. The van der Waals surface area contributed by atoms with E-state index in [-0.39, 0.29) is 5.41 Å². The van der Waals surface area contributed by atoms with Gasteiger partial charge in [0.2, 0.25) is 0 Å². The lowest BCUT2D eigenvalue weighted by molar-refractivity contribution is 0.625. The molecule has 202 valence electrons. The normalized spacial score (nSPS) is 15.6. The Labute approximate surface area is 252 Å². The van der Waals surface area contributed by atoms with Crippen molar-refractivity contribution in [1.29, 1.82) is 0 Å². The van der Waals surface area contributed by atoms with E-state index in [0.717, 1.165) is 0 Å². The summed E-state index contributed by atoms with van der Waals surface area (Å²) in [6, 6.07) is 56.0. The first-order valence-corrected chi connectivity index (χ1v) is 15.4. The Bertz CT molecular complexity index is 1890. The van der Waals surface area contributed by atoms with Gasteiger partial charge in [-0.05, 0) is 69.8 Å². The molecular formula is C40H31NS. The number of rotatable bonds is 3. The monoisotopic (exact) mass is 557 g/mol. The molecule has 0 saturated heterocycles. The number of nitrogens with zero attached hydrogens (tertiary/aromatic N) is 1. The molecule has 2 heteroatoms. The number of hydrogen-bond acceptors (Lipinski definition) is 2. The lowest BCUT2D eigenvalue weighted by atomic mass is 9.63. The molecule has 6 aromatic rings. The molecule has 0 saturated carbocycles. The molecule has 0 spiro atoms. The number of hydrogen-bond donors (Lipinski definition) is 0. The third kappa shape index (κ3) is 3.52. The zero-order valence-corrected chi connectivity index (χ0v) is 24.6. The van der Waals surface area contributed by atoms with Crippen LogP contribution in [-0.4, -0.2) is 0 Å². The molecule has 0 amide bonds. The van der Waals surface area contributed by atoms with E-state index in [9.17, 15) is 0 Å². The van der Waals surface area contributed by atoms with Crippen LogP contribution in [0.3, 0.4) is 0 Å². The summed E-state index contributed by atoms with van der Waals surface area (Å²) in [5, 5.41) is 0. The summed E-state index contributed by atoms with van der Waals surface area (Å²) >= 11 is 1.88. The van der Waals surface area contributed by atoms with E-state index in [4.69, 9.17) is 0 Å². The van der Waals surface area contributed by atoms with E-state index in [0.29, 0.717) is 0 Å². The van der Waals surface area contributed by atoms with Crippen LogP contribution in [0.15, 0.2) is 161 Å².